The maximum absolute atomic E-state index is 12.4. The summed E-state index contributed by atoms with van der Waals surface area (Å²) in [4.78, 5) is 16.5. The molecule has 0 aliphatic carbocycles. The molecule has 1 aliphatic rings. The summed E-state index contributed by atoms with van der Waals surface area (Å²) >= 11 is 6.13. The van der Waals surface area contributed by atoms with E-state index < -0.39 is 0 Å². The number of nitrogens with one attached hydrogen (secondary N) is 1. The first-order valence-electron chi connectivity index (χ1n) is 9.38. The average Bonchev–Trinajstić information content (AvgIpc) is 2.73. The SMILES string of the molecule is COc1ccccc1OCCNC(=O)N1CCN(c2cc(Cl)ccc2C)CC1. The molecule has 1 heterocycles. The number of aryl methyl sites for hydroxylation is 1. The lowest BCUT2D eigenvalue weighted by atomic mass is 10.1. The lowest BCUT2D eigenvalue weighted by Gasteiger charge is -2.36. The van der Waals surface area contributed by atoms with Crippen molar-refractivity contribution in [2.75, 3.05) is 51.3 Å². The van der Waals surface area contributed by atoms with E-state index in [1.54, 1.807) is 7.11 Å². The predicted molar refractivity (Wildman–Crippen MR) is 112 cm³/mol. The number of rotatable bonds is 6. The number of amides is 2. The van der Waals surface area contributed by atoms with Crippen molar-refractivity contribution in [1.29, 1.82) is 0 Å². The largest absolute Gasteiger partial charge is 0.493 e. The number of carbonyl (C=O) groups excluding carboxylic acids is 1. The van der Waals surface area contributed by atoms with Gasteiger partial charge in [-0.1, -0.05) is 29.8 Å². The van der Waals surface area contributed by atoms with Gasteiger partial charge in [-0.25, -0.2) is 4.79 Å². The summed E-state index contributed by atoms with van der Waals surface area (Å²) in [6.07, 6.45) is 0. The highest BCUT2D eigenvalue weighted by molar-refractivity contribution is 6.30. The molecule has 1 aliphatic heterocycles. The Bertz CT molecular complexity index is 807. The molecule has 2 aromatic carbocycles. The zero-order valence-corrected chi connectivity index (χ0v) is 17.0. The monoisotopic (exact) mass is 403 g/mol. The standard InChI is InChI=1S/C21H26ClN3O3/c1-16-7-8-17(22)15-18(16)24-10-12-25(13-11-24)21(26)23-9-14-28-20-6-4-3-5-19(20)27-2/h3-8,15H,9-14H2,1-2H3,(H,23,26). The number of hydrogen-bond acceptors (Lipinski definition) is 4. The summed E-state index contributed by atoms with van der Waals surface area (Å²) in [6, 6.07) is 13.3. The second kappa shape index (κ2) is 9.55. The second-order valence-corrected chi connectivity index (χ2v) is 7.07. The van der Waals surface area contributed by atoms with Gasteiger partial charge in [-0.05, 0) is 36.8 Å². The smallest absolute Gasteiger partial charge is 0.317 e. The Morgan fingerprint density at radius 2 is 1.82 bits per heavy atom. The molecule has 0 bridgehead atoms. The van der Waals surface area contributed by atoms with Gasteiger partial charge in [-0.2, -0.15) is 0 Å². The maximum atomic E-state index is 12.4. The minimum absolute atomic E-state index is 0.0638. The molecule has 0 aromatic heterocycles. The van der Waals surface area contributed by atoms with Crippen LogP contribution in [0.1, 0.15) is 5.56 Å². The molecule has 1 saturated heterocycles. The van der Waals surface area contributed by atoms with Crippen LogP contribution in [0.2, 0.25) is 5.02 Å². The normalized spacial score (nSPS) is 14.0. The fraction of sp³-hybridized carbons (Fsp3) is 0.381. The van der Waals surface area contributed by atoms with Crippen molar-refractivity contribution < 1.29 is 14.3 Å². The number of urea groups is 1. The van der Waals surface area contributed by atoms with Crippen LogP contribution in [0.25, 0.3) is 0 Å². The number of piperazine rings is 1. The van der Waals surface area contributed by atoms with E-state index in [0.29, 0.717) is 37.7 Å². The molecule has 2 aromatic rings. The van der Waals surface area contributed by atoms with Gasteiger partial charge in [-0.15, -0.1) is 0 Å². The van der Waals surface area contributed by atoms with Crippen molar-refractivity contribution in [3.63, 3.8) is 0 Å². The molecule has 0 atom stereocenters. The summed E-state index contributed by atoms with van der Waals surface area (Å²) in [5.41, 5.74) is 2.33. The molecule has 0 unspecified atom stereocenters. The molecule has 2 amide bonds. The first-order valence-corrected chi connectivity index (χ1v) is 9.76. The quantitative estimate of drug-likeness (QED) is 0.749. The molecule has 150 valence electrons. The highest BCUT2D eigenvalue weighted by atomic mass is 35.5. The summed E-state index contributed by atoms with van der Waals surface area (Å²) in [7, 11) is 1.61. The average molecular weight is 404 g/mol. The van der Waals surface area contributed by atoms with E-state index in [9.17, 15) is 4.79 Å². The second-order valence-electron chi connectivity index (χ2n) is 6.64. The molecule has 6 nitrogen and oxygen atoms in total. The van der Waals surface area contributed by atoms with Crippen LogP contribution in [0, 0.1) is 6.92 Å². The predicted octanol–water partition coefficient (Wildman–Crippen LogP) is 3.57. The Labute approximate surface area is 171 Å². The van der Waals surface area contributed by atoms with Crippen LogP contribution in [-0.2, 0) is 0 Å². The number of methoxy groups -OCH3 is 1. The van der Waals surface area contributed by atoms with Crippen LogP contribution >= 0.6 is 11.6 Å². The van der Waals surface area contributed by atoms with Crippen molar-refractivity contribution in [2.45, 2.75) is 6.92 Å². The van der Waals surface area contributed by atoms with E-state index in [1.807, 2.05) is 47.4 Å². The van der Waals surface area contributed by atoms with Gasteiger partial charge in [0.15, 0.2) is 11.5 Å². The lowest BCUT2D eigenvalue weighted by Crippen LogP contribution is -2.52. The van der Waals surface area contributed by atoms with Gasteiger partial charge in [0, 0.05) is 36.9 Å². The van der Waals surface area contributed by atoms with Crippen LogP contribution < -0.4 is 19.7 Å². The molecule has 0 saturated carbocycles. The van der Waals surface area contributed by atoms with Crippen molar-refractivity contribution in [3.8, 4) is 11.5 Å². The van der Waals surface area contributed by atoms with Gasteiger partial charge in [0.2, 0.25) is 0 Å². The maximum Gasteiger partial charge on any atom is 0.317 e. The molecule has 1 N–H and O–H groups in total. The molecule has 0 spiro atoms. The topological polar surface area (TPSA) is 54.0 Å². The van der Waals surface area contributed by atoms with E-state index in [1.165, 1.54) is 5.56 Å². The number of benzene rings is 2. The number of nitrogens with zero attached hydrogens (tertiary/aromatic N) is 2. The van der Waals surface area contributed by atoms with Gasteiger partial charge in [0.1, 0.15) is 6.61 Å². The molecule has 1 fully saturated rings. The Hall–Kier alpha value is -2.60. The summed E-state index contributed by atoms with van der Waals surface area (Å²) in [5.74, 6) is 1.35. The number of para-hydroxylation sites is 2. The molecular formula is C21H26ClN3O3. The number of hydrogen-bond donors (Lipinski definition) is 1. The third-order valence-corrected chi connectivity index (χ3v) is 5.02. The van der Waals surface area contributed by atoms with Gasteiger partial charge < -0.3 is 24.6 Å². The van der Waals surface area contributed by atoms with Crippen LogP contribution in [0.3, 0.4) is 0 Å². The van der Waals surface area contributed by atoms with Gasteiger partial charge in [0.25, 0.3) is 0 Å². The summed E-state index contributed by atoms with van der Waals surface area (Å²) in [6.45, 7) is 5.81. The highest BCUT2D eigenvalue weighted by Crippen LogP contribution is 2.26. The van der Waals surface area contributed by atoms with Crippen molar-refractivity contribution >= 4 is 23.3 Å². The molecule has 3 rings (SSSR count). The van der Waals surface area contributed by atoms with Gasteiger partial charge in [-0.3, -0.25) is 0 Å². The van der Waals surface area contributed by atoms with Crippen LogP contribution in [0.15, 0.2) is 42.5 Å². The third-order valence-electron chi connectivity index (χ3n) is 4.78. The zero-order chi connectivity index (χ0) is 19.9. The minimum atomic E-state index is -0.0638. The van der Waals surface area contributed by atoms with Crippen molar-refractivity contribution in [2.24, 2.45) is 0 Å². The Balaban J connectivity index is 1.42. The van der Waals surface area contributed by atoms with Crippen molar-refractivity contribution in [1.82, 2.24) is 10.2 Å². The minimum Gasteiger partial charge on any atom is -0.493 e. The summed E-state index contributed by atoms with van der Waals surface area (Å²) < 4.78 is 10.9. The number of ether oxygens (including phenoxy) is 2. The molecule has 0 radical (unpaired) electrons. The number of anilines is 1. The first kappa shape index (κ1) is 20.1. The van der Waals surface area contributed by atoms with E-state index >= 15 is 0 Å². The fourth-order valence-corrected chi connectivity index (χ4v) is 3.41. The molecule has 28 heavy (non-hydrogen) atoms. The third kappa shape index (κ3) is 5.01. The fourth-order valence-electron chi connectivity index (χ4n) is 3.24. The van der Waals surface area contributed by atoms with Crippen LogP contribution in [0.5, 0.6) is 11.5 Å². The Morgan fingerprint density at radius 1 is 1.11 bits per heavy atom. The van der Waals surface area contributed by atoms with E-state index in [4.69, 9.17) is 21.1 Å². The van der Waals surface area contributed by atoms with Crippen molar-refractivity contribution in [3.05, 3.63) is 53.1 Å². The van der Waals surface area contributed by atoms with Crippen LogP contribution in [0.4, 0.5) is 10.5 Å². The Morgan fingerprint density at radius 3 is 2.54 bits per heavy atom. The van der Waals surface area contributed by atoms with E-state index in [-0.39, 0.29) is 6.03 Å². The van der Waals surface area contributed by atoms with E-state index in [0.717, 1.165) is 23.8 Å². The molecular weight excluding hydrogens is 378 g/mol. The van der Waals surface area contributed by atoms with Gasteiger partial charge in [0.05, 0.1) is 13.7 Å². The zero-order valence-electron chi connectivity index (χ0n) is 16.3. The number of halogens is 1. The highest BCUT2D eigenvalue weighted by Gasteiger charge is 2.22. The number of carbonyl (C=O) groups is 1. The Kier molecular flexibility index (Phi) is 6.87. The first-order chi connectivity index (χ1) is 13.6. The lowest BCUT2D eigenvalue weighted by molar-refractivity contribution is 0.191. The van der Waals surface area contributed by atoms with Gasteiger partial charge >= 0.3 is 6.03 Å². The molecule has 7 heteroatoms. The van der Waals surface area contributed by atoms with E-state index in [2.05, 4.69) is 17.1 Å². The summed E-state index contributed by atoms with van der Waals surface area (Å²) in [5, 5.41) is 3.65. The van der Waals surface area contributed by atoms with Crippen LogP contribution in [-0.4, -0.2) is 57.4 Å².